The summed E-state index contributed by atoms with van der Waals surface area (Å²) in [5, 5.41) is 2.57. The number of nitrogens with one attached hydrogen (secondary N) is 1. The average molecular weight is 284 g/mol. The molecule has 104 valence electrons. The molecule has 0 heterocycles. The van der Waals surface area contributed by atoms with E-state index in [1.807, 2.05) is 19.1 Å². The Morgan fingerprint density at radius 3 is 2.47 bits per heavy atom. The quantitative estimate of drug-likeness (QED) is 0.642. The van der Waals surface area contributed by atoms with Gasteiger partial charge in [0.25, 0.3) is 0 Å². The molecule has 0 radical (unpaired) electrons. The van der Waals surface area contributed by atoms with Crippen LogP contribution in [0.2, 0.25) is 0 Å². The van der Waals surface area contributed by atoms with Crippen molar-refractivity contribution >= 4 is 14.1 Å². The van der Waals surface area contributed by atoms with Gasteiger partial charge in [0.1, 0.15) is 6.04 Å². The van der Waals surface area contributed by atoms with E-state index in [4.69, 9.17) is 9.26 Å². The number of aryl methyl sites for hydroxylation is 1. The van der Waals surface area contributed by atoms with E-state index >= 15 is 0 Å². The molecule has 0 fully saturated rings. The summed E-state index contributed by atoms with van der Waals surface area (Å²) in [6, 6.07) is 6.55. The number of benzene rings is 1. The summed E-state index contributed by atoms with van der Waals surface area (Å²) in [4.78, 5) is 11.5. The SMILES string of the molecule is Cc1ccccc1O[P+](=O)N[C@@H](C)C(=O)OC(C)C. The number of ether oxygens (including phenoxy) is 1. The van der Waals surface area contributed by atoms with Crippen molar-refractivity contribution in [1.82, 2.24) is 5.09 Å². The maximum absolute atomic E-state index is 11.8. The Labute approximate surface area is 114 Å². The first-order valence-corrected chi connectivity index (χ1v) is 7.25. The third-order valence-corrected chi connectivity index (χ3v) is 3.24. The van der Waals surface area contributed by atoms with Crippen LogP contribution in [0.25, 0.3) is 0 Å². The molecule has 1 aromatic carbocycles. The molecule has 0 aliphatic carbocycles. The fourth-order valence-corrected chi connectivity index (χ4v) is 2.18. The van der Waals surface area contributed by atoms with E-state index in [2.05, 4.69) is 5.09 Å². The van der Waals surface area contributed by atoms with Gasteiger partial charge in [-0.05, 0) is 39.3 Å². The molecular weight excluding hydrogens is 265 g/mol. The van der Waals surface area contributed by atoms with Crippen LogP contribution in [0, 0.1) is 6.92 Å². The van der Waals surface area contributed by atoms with E-state index in [9.17, 15) is 9.36 Å². The minimum Gasteiger partial charge on any atom is -0.462 e. The van der Waals surface area contributed by atoms with Gasteiger partial charge in [-0.25, -0.2) is 4.52 Å². The molecule has 1 unspecified atom stereocenters. The van der Waals surface area contributed by atoms with Crippen molar-refractivity contribution in [3.05, 3.63) is 29.8 Å². The predicted molar refractivity (Wildman–Crippen MR) is 73.2 cm³/mol. The Bertz CT molecular complexity index is 462. The van der Waals surface area contributed by atoms with Crippen molar-refractivity contribution in [1.29, 1.82) is 0 Å². The van der Waals surface area contributed by atoms with E-state index in [0.717, 1.165) is 5.56 Å². The highest BCUT2D eigenvalue weighted by atomic mass is 31.1. The Kier molecular flexibility index (Phi) is 5.93. The second-order valence-corrected chi connectivity index (χ2v) is 5.41. The number of carbonyl (C=O) groups excluding carboxylic acids is 1. The van der Waals surface area contributed by atoms with Gasteiger partial charge in [0, 0.05) is 4.57 Å². The van der Waals surface area contributed by atoms with E-state index in [1.165, 1.54) is 0 Å². The minimum atomic E-state index is -2.17. The molecule has 0 amide bonds. The summed E-state index contributed by atoms with van der Waals surface area (Å²) >= 11 is 0. The maximum atomic E-state index is 11.8. The van der Waals surface area contributed by atoms with Crippen molar-refractivity contribution < 1.29 is 18.6 Å². The van der Waals surface area contributed by atoms with Crippen LogP contribution in [0.4, 0.5) is 0 Å². The van der Waals surface area contributed by atoms with Gasteiger partial charge >= 0.3 is 14.1 Å². The molecule has 0 aliphatic rings. The monoisotopic (exact) mass is 284 g/mol. The molecule has 0 bridgehead atoms. The maximum Gasteiger partial charge on any atom is 0.664 e. The topological polar surface area (TPSA) is 64.6 Å². The smallest absolute Gasteiger partial charge is 0.462 e. The Balaban J connectivity index is 2.52. The highest BCUT2D eigenvalue weighted by Crippen LogP contribution is 2.26. The van der Waals surface area contributed by atoms with Crippen LogP contribution in [0.5, 0.6) is 5.75 Å². The molecule has 0 spiro atoms. The normalized spacial score (nSPS) is 13.0. The number of hydrogen-bond donors (Lipinski definition) is 1. The zero-order valence-electron chi connectivity index (χ0n) is 11.5. The standard InChI is InChI=1S/C13H19NO4P/c1-9(2)17-13(15)11(4)14-19(16)18-12-8-6-5-7-10(12)3/h5-9,11H,1-4H3,(H,14,16)/q+1/t11-/m0/s1. The molecule has 1 aromatic rings. The highest BCUT2D eigenvalue weighted by Gasteiger charge is 2.29. The molecule has 0 saturated carbocycles. The van der Waals surface area contributed by atoms with E-state index in [0.29, 0.717) is 5.75 Å². The van der Waals surface area contributed by atoms with Gasteiger partial charge in [0.05, 0.1) is 6.10 Å². The van der Waals surface area contributed by atoms with E-state index in [-0.39, 0.29) is 6.10 Å². The van der Waals surface area contributed by atoms with Crippen molar-refractivity contribution in [3.63, 3.8) is 0 Å². The zero-order chi connectivity index (χ0) is 14.4. The molecule has 1 rings (SSSR count). The molecule has 0 saturated heterocycles. The second kappa shape index (κ2) is 7.22. The summed E-state index contributed by atoms with van der Waals surface area (Å²) in [6.45, 7) is 6.96. The third kappa shape index (κ3) is 5.37. The molecule has 19 heavy (non-hydrogen) atoms. The molecule has 6 heteroatoms. The Hall–Kier alpha value is -1.45. The summed E-state index contributed by atoms with van der Waals surface area (Å²) in [5.74, 6) is 0.0762. The lowest BCUT2D eigenvalue weighted by Gasteiger charge is -2.10. The fourth-order valence-electron chi connectivity index (χ4n) is 1.32. The van der Waals surface area contributed by atoms with Crippen molar-refractivity contribution in [2.24, 2.45) is 0 Å². The number of rotatable bonds is 6. The Morgan fingerprint density at radius 2 is 1.89 bits per heavy atom. The molecule has 5 nitrogen and oxygen atoms in total. The molecule has 1 N–H and O–H groups in total. The summed E-state index contributed by atoms with van der Waals surface area (Å²) < 4.78 is 22.0. The van der Waals surface area contributed by atoms with Crippen LogP contribution >= 0.6 is 8.18 Å². The van der Waals surface area contributed by atoms with Gasteiger partial charge in [0.2, 0.25) is 0 Å². The van der Waals surface area contributed by atoms with E-state index in [1.54, 1.807) is 32.9 Å². The van der Waals surface area contributed by atoms with Gasteiger partial charge in [-0.3, -0.25) is 4.79 Å². The summed E-state index contributed by atoms with van der Waals surface area (Å²) in [5.41, 5.74) is 0.880. The first-order chi connectivity index (χ1) is 8.90. The highest BCUT2D eigenvalue weighted by molar-refractivity contribution is 7.37. The number of carbonyl (C=O) groups is 1. The number of esters is 1. The lowest BCUT2D eigenvalue weighted by Crippen LogP contribution is -2.33. The van der Waals surface area contributed by atoms with Gasteiger partial charge in [-0.2, -0.15) is 0 Å². The zero-order valence-corrected chi connectivity index (χ0v) is 12.4. The summed E-state index contributed by atoms with van der Waals surface area (Å²) in [7, 11) is -2.17. The first kappa shape index (κ1) is 15.6. The molecule has 2 atom stereocenters. The van der Waals surface area contributed by atoms with Crippen molar-refractivity contribution in [3.8, 4) is 5.75 Å². The fraction of sp³-hybridized carbons (Fsp3) is 0.462. The molecule has 0 aliphatic heterocycles. The molecular formula is C13H19NO4P+. The van der Waals surface area contributed by atoms with Crippen LogP contribution in [0.15, 0.2) is 24.3 Å². The van der Waals surface area contributed by atoms with Gasteiger partial charge in [-0.15, -0.1) is 0 Å². The predicted octanol–water partition coefficient (Wildman–Crippen LogP) is 2.96. The van der Waals surface area contributed by atoms with Crippen LogP contribution in [-0.4, -0.2) is 18.1 Å². The van der Waals surface area contributed by atoms with Crippen molar-refractivity contribution in [2.45, 2.75) is 39.8 Å². The number of hydrogen-bond acceptors (Lipinski definition) is 4. The largest absolute Gasteiger partial charge is 0.664 e. The first-order valence-electron chi connectivity index (χ1n) is 6.07. The van der Waals surface area contributed by atoms with Crippen LogP contribution in [0.1, 0.15) is 26.3 Å². The summed E-state index contributed by atoms with van der Waals surface area (Å²) in [6.07, 6.45) is -0.202. The van der Waals surface area contributed by atoms with Gasteiger partial charge < -0.3 is 4.74 Å². The second-order valence-electron chi connectivity index (χ2n) is 4.45. The minimum absolute atomic E-state index is 0.202. The van der Waals surface area contributed by atoms with Crippen LogP contribution in [0.3, 0.4) is 0 Å². The Morgan fingerprint density at radius 1 is 1.26 bits per heavy atom. The van der Waals surface area contributed by atoms with Crippen molar-refractivity contribution in [2.75, 3.05) is 0 Å². The van der Waals surface area contributed by atoms with E-state index < -0.39 is 20.2 Å². The lowest BCUT2D eigenvalue weighted by molar-refractivity contribution is -0.148. The average Bonchev–Trinajstić information content (AvgIpc) is 2.31. The third-order valence-electron chi connectivity index (χ3n) is 2.28. The van der Waals surface area contributed by atoms with Gasteiger partial charge in [0.15, 0.2) is 5.75 Å². The number of para-hydroxylation sites is 1. The van der Waals surface area contributed by atoms with Crippen LogP contribution < -0.4 is 9.61 Å². The lowest BCUT2D eigenvalue weighted by atomic mass is 10.2. The molecule has 0 aromatic heterocycles. The van der Waals surface area contributed by atoms with Gasteiger partial charge in [-0.1, -0.05) is 23.3 Å². The van der Waals surface area contributed by atoms with Crippen LogP contribution in [-0.2, 0) is 14.1 Å².